The van der Waals surface area contributed by atoms with Crippen LogP contribution in [0.25, 0.3) is 0 Å². The molecule has 1 aromatic heterocycles. The lowest BCUT2D eigenvalue weighted by atomic mass is 10.1. The molecule has 0 aliphatic heterocycles. The van der Waals surface area contributed by atoms with Crippen LogP contribution in [0.15, 0.2) is 29.9 Å². The molecule has 0 fully saturated rings. The topological polar surface area (TPSA) is 57.4 Å². The first-order valence-electron chi connectivity index (χ1n) is 5.70. The molecule has 2 N–H and O–H groups in total. The second-order valence-corrected chi connectivity index (χ2v) is 4.74. The minimum absolute atomic E-state index is 0.523. The number of hydrogen-bond acceptors (Lipinski definition) is 5. The van der Waals surface area contributed by atoms with Crippen molar-refractivity contribution in [2.24, 2.45) is 5.73 Å². The number of nitrogens with zero attached hydrogens (tertiary/aromatic N) is 1. The molecule has 0 radical (unpaired) electrons. The summed E-state index contributed by atoms with van der Waals surface area (Å²) in [6.07, 6.45) is 2.61. The predicted octanol–water partition coefficient (Wildman–Crippen LogP) is 2.23. The van der Waals surface area contributed by atoms with Crippen LogP contribution in [0.5, 0.6) is 11.5 Å². The quantitative estimate of drug-likeness (QED) is 0.869. The van der Waals surface area contributed by atoms with Gasteiger partial charge in [-0.15, -0.1) is 11.3 Å². The molecule has 0 saturated carbocycles. The molecule has 1 aromatic carbocycles. The van der Waals surface area contributed by atoms with Crippen molar-refractivity contribution in [3.05, 3.63) is 40.3 Å². The Hall–Kier alpha value is -1.59. The summed E-state index contributed by atoms with van der Waals surface area (Å²) < 4.78 is 11.0. The molecule has 0 aliphatic rings. The van der Waals surface area contributed by atoms with Gasteiger partial charge in [0.05, 0.1) is 17.5 Å². The van der Waals surface area contributed by atoms with Gasteiger partial charge in [-0.1, -0.05) is 6.07 Å². The second kappa shape index (κ2) is 6.37. The van der Waals surface area contributed by atoms with Crippen LogP contribution in [0.2, 0.25) is 0 Å². The molecule has 5 heteroatoms. The summed E-state index contributed by atoms with van der Waals surface area (Å²) in [5.74, 6) is 1.61. The normalized spacial score (nSPS) is 10.3. The first kappa shape index (κ1) is 12.9. The van der Waals surface area contributed by atoms with Gasteiger partial charge in [0.2, 0.25) is 0 Å². The van der Waals surface area contributed by atoms with Crippen molar-refractivity contribution in [3.63, 3.8) is 0 Å². The molecule has 2 aromatic rings. The van der Waals surface area contributed by atoms with E-state index in [2.05, 4.69) is 4.98 Å². The van der Waals surface area contributed by atoms with Crippen LogP contribution in [-0.2, 0) is 13.0 Å². The van der Waals surface area contributed by atoms with Crippen molar-refractivity contribution in [1.82, 2.24) is 4.98 Å². The highest BCUT2D eigenvalue weighted by atomic mass is 32.1. The highest BCUT2D eigenvalue weighted by Gasteiger charge is 2.06. The fourth-order valence-electron chi connectivity index (χ4n) is 1.62. The second-order valence-electron chi connectivity index (χ2n) is 3.77. The van der Waals surface area contributed by atoms with E-state index in [9.17, 15) is 0 Å². The number of hydrogen-bond donors (Lipinski definition) is 1. The Morgan fingerprint density at radius 2 is 2.28 bits per heavy atom. The minimum Gasteiger partial charge on any atom is -0.497 e. The summed E-state index contributed by atoms with van der Waals surface area (Å²) in [6.45, 7) is 1.12. The molecular weight excluding hydrogens is 248 g/mol. The van der Waals surface area contributed by atoms with Crippen LogP contribution in [0.1, 0.15) is 10.4 Å². The minimum atomic E-state index is 0.523. The van der Waals surface area contributed by atoms with Gasteiger partial charge in [-0.25, -0.2) is 0 Å². The van der Waals surface area contributed by atoms with Crippen molar-refractivity contribution in [1.29, 1.82) is 0 Å². The molecule has 96 valence electrons. The van der Waals surface area contributed by atoms with E-state index >= 15 is 0 Å². The monoisotopic (exact) mass is 264 g/mol. The van der Waals surface area contributed by atoms with Crippen molar-refractivity contribution in [3.8, 4) is 11.5 Å². The maximum Gasteiger partial charge on any atom is 0.126 e. The van der Waals surface area contributed by atoms with Crippen LogP contribution in [0.4, 0.5) is 0 Å². The average Bonchev–Trinajstić information content (AvgIpc) is 2.91. The first-order chi connectivity index (χ1) is 8.83. The Kier molecular flexibility index (Phi) is 4.55. The predicted molar refractivity (Wildman–Crippen MR) is 72.2 cm³/mol. The number of thiazole rings is 1. The molecule has 0 saturated heterocycles. The Balaban J connectivity index is 2.12. The zero-order chi connectivity index (χ0) is 12.8. The fraction of sp³-hybridized carbons (Fsp3) is 0.308. The van der Waals surface area contributed by atoms with E-state index in [4.69, 9.17) is 15.2 Å². The standard InChI is InChI=1S/C13H16N2O2S/c1-16-11-3-2-10(4-5-14)13(6-11)17-8-12-7-15-9-18-12/h2-3,6-7,9H,4-5,8,14H2,1H3. The highest BCUT2D eigenvalue weighted by Crippen LogP contribution is 2.26. The maximum absolute atomic E-state index is 5.81. The molecule has 18 heavy (non-hydrogen) atoms. The first-order valence-corrected chi connectivity index (χ1v) is 6.58. The fourth-order valence-corrected chi connectivity index (χ4v) is 2.13. The third-order valence-electron chi connectivity index (χ3n) is 2.54. The van der Waals surface area contributed by atoms with Crippen molar-refractivity contribution in [2.75, 3.05) is 13.7 Å². The number of methoxy groups -OCH3 is 1. The summed E-state index contributed by atoms with van der Waals surface area (Å²) in [5.41, 5.74) is 8.49. The van der Waals surface area contributed by atoms with Crippen LogP contribution >= 0.6 is 11.3 Å². The number of rotatable bonds is 6. The summed E-state index contributed by atoms with van der Waals surface area (Å²) >= 11 is 1.58. The molecule has 2 rings (SSSR count). The molecule has 0 atom stereocenters. The molecule has 0 unspecified atom stereocenters. The summed E-state index contributed by atoms with van der Waals surface area (Å²) in [5, 5.41) is 0. The van der Waals surface area contributed by atoms with E-state index in [-0.39, 0.29) is 0 Å². The van der Waals surface area contributed by atoms with Gasteiger partial charge >= 0.3 is 0 Å². The lowest BCUT2D eigenvalue weighted by Gasteiger charge is -2.11. The summed E-state index contributed by atoms with van der Waals surface area (Å²) in [7, 11) is 1.64. The zero-order valence-corrected chi connectivity index (χ0v) is 11.1. The van der Waals surface area contributed by atoms with Crippen molar-refractivity contribution in [2.45, 2.75) is 13.0 Å². The molecule has 0 aliphatic carbocycles. The van der Waals surface area contributed by atoms with E-state index in [1.54, 1.807) is 24.0 Å². The third kappa shape index (κ3) is 3.21. The van der Waals surface area contributed by atoms with Crippen LogP contribution in [0.3, 0.4) is 0 Å². The van der Waals surface area contributed by atoms with E-state index in [0.29, 0.717) is 13.2 Å². The number of ether oxygens (including phenoxy) is 2. The molecular formula is C13H16N2O2S. The Bertz CT molecular complexity index is 486. The van der Waals surface area contributed by atoms with E-state index < -0.39 is 0 Å². The van der Waals surface area contributed by atoms with Crippen LogP contribution in [0, 0.1) is 0 Å². The van der Waals surface area contributed by atoms with Crippen molar-refractivity contribution < 1.29 is 9.47 Å². The van der Waals surface area contributed by atoms with Crippen LogP contribution in [-0.4, -0.2) is 18.6 Å². The molecule has 0 bridgehead atoms. The van der Waals surface area contributed by atoms with Gasteiger partial charge in [0, 0.05) is 12.3 Å². The number of nitrogens with two attached hydrogens (primary N) is 1. The SMILES string of the molecule is COc1ccc(CCN)c(OCc2cncs2)c1. The van der Waals surface area contributed by atoms with Crippen molar-refractivity contribution >= 4 is 11.3 Å². The number of benzene rings is 1. The summed E-state index contributed by atoms with van der Waals surface area (Å²) in [4.78, 5) is 5.11. The average molecular weight is 264 g/mol. The zero-order valence-electron chi connectivity index (χ0n) is 10.3. The van der Waals surface area contributed by atoms with Gasteiger partial charge in [0.1, 0.15) is 18.1 Å². The van der Waals surface area contributed by atoms with Crippen LogP contribution < -0.4 is 15.2 Å². The summed E-state index contributed by atoms with van der Waals surface area (Å²) in [6, 6.07) is 5.81. The van der Waals surface area contributed by atoms with Gasteiger partial charge in [-0.2, -0.15) is 0 Å². The Labute approximate surface area is 110 Å². The van der Waals surface area contributed by atoms with E-state index in [0.717, 1.165) is 28.4 Å². The van der Waals surface area contributed by atoms with E-state index in [1.165, 1.54) is 0 Å². The molecule has 4 nitrogen and oxygen atoms in total. The van der Waals surface area contributed by atoms with Gasteiger partial charge in [0.15, 0.2) is 0 Å². The third-order valence-corrected chi connectivity index (χ3v) is 3.29. The van der Waals surface area contributed by atoms with Gasteiger partial charge in [-0.3, -0.25) is 4.98 Å². The Morgan fingerprint density at radius 3 is 2.94 bits per heavy atom. The molecule has 0 spiro atoms. The number of aromatic nitrogens is 1. The Morgan fingerprint density at radius 1 is 1.39 bits per heavy atom. The van der Waals surface area contributed by atoms with Gasteiger partial charge < -0.3 is 15.2 Å². The maximum atomic E-state index is 5.81. The largest absolute Gasteiger partial charge is 0.497 e. The van der Waals surface area contributed by atoms with Gasteiger partial charge in [-0.05, 0) is 24.6 Å². The molecule has 1 heterocycles. The van der Waals surface area contributed by atoms with Gasteiger partial charge in [0.25, 0.3) is 0 Å². The lowest BCUT2D eigenvalue weighted by molar-refractivity contribution is 0.303. The lowest BCUT2D eigenvalue weighted by Crippen LogP contribution is -2.05. The molecule has 0 amide bonds. The van der Waals surface area contributed by atoms with E-state index in [1.807, 2.05) is 24.4 Å². The smallest absolute Gasteiger partial charge is 0.126 e. The highest BCUT2D eigenvalue weighted by molar-refractivity contribution is 7.09.